The third-order valence-electron chi connectivity index (χ3n) is 5.18. The van der Waals surface area contributed by atoms with E-state index in [9.17, 15) is 4.79 Å². The molecular weight excluding hydrogens is 368 g/mol. The molecule has 0 spiro atoms. The molecule has 0 aliphatic rings. The normalized spacial score (nSPS) is 12.8. The van der Waals surface area contributed by atoms with Crippen LogP contribution in [-0.2, 0) is 11.3 Å². The summed E-state index contributed by atoms with van der Waals surface area (Å²) >= 11 is 0. The lowest BCUT2D eigenvalue weighted by Gasteiger charge is -2.26. The first kappa shape index (κ1) is 21.8. The van der Waals surface area contributed by atoms with Crippen molar-refractivity contribution in [2.45, 2.75) is 48.1 Å². The van der Waals surface area contributed by atoms with Gasteiger partial charge in [0.2, 0.25) is 0 Å². The van der Waals surface area contributed by atoms with Crippen LogP contribution in [0.25, 0.3) is 22.0 Å². The highest BCUT2D eigenvalue weighted by atomic mass is 16.1. The van der Waals surface area contributed by atoms with Crippen LogP contribution in [-0.4, -0.2) is 10.8 Å². The van der Waals surface area contributed by atoms with Gasteiger partial charge in [-0.2, -0.15) is 0 Å². The first-order valence-corrected chi connectivity index (χ1v) is 10.5. The molecule has 0 saturated heterocycles. The summed E-state index contributed by atoms with van der Waals surface area (Å²) in [6.45, 7) is 12.9. The Bertz CT molecular complexity index is 1080. The highest BCUT2D eigenvalue weighted by Gasteiger charge is 2.24. The van der Waals surface area contributed by atoms with Gasteiger partial charge in [-0.05, 0) is 23.1 Å². The van der Waals surface area contributed by atoms with Crippen LogP contribution in [0.5, 0.6) is 0 Å². The second-order valence-electron chi connectivity index (χ2n) is 9.86. The van der Waals surface area contributed by atoms with Gasteiger partial charge in [-0.1, -0.05) is 84.0 Å². The number of benzene rings is 2. The van der Waals surface area contributed by atoms with Gasteiger partial charge < -0.3 is 5.32 Å². The van der Waals surface area contributed by atoms with E-state index in [-0.39, 0.29) is 11.2 Å². The van der Waals surface area contributed by atoms with Crippen molar-refractivity contribution < 1.29 is 4.79 Å². The Balaban J connectivity index is 1.87. The van der Waals surface area contributed by atoms with Crippen LogP contribution in [0, 0.1) is 10.8 Å². The maximum Gasteiger partial charge on any atom is 0.162 e. The zero-order valence-corrected chi connectivity index (χ0v) is 18.9. The number of hydrogen-bond donors (Lipinski definition) is 1. The molecule has 3 aromatic rings. The lowest BCUT2D eigenvalue weighted by Crippen LogP contribution is -2.27. The molecule has 1 aromatic heterocycles. The monoisotopic (exact) mass is 400 g/mol. The van der Waals surface area contributed by atoms with Gasteiger partial charge in [0, 0.05) is 46.3 Å². The third-order valence-corrected chi connectivity index (χ3v) is 5.18. The molecule has 0 saturated carbocycles. The minimum atomic E-state index is -0.391. The standard InChI is InChI=1S/C27H32N2O/c1-26(2,3)23(17-24(30)27(4,5)6)29-18-19-10-9-12-21(16-19)25-22-13-8-7-11-20(22)14-15-28-25/h7-17,29H,18H2,1-6H3/b23-17-. The molecule has 0 aliphatic heterocycles. The number of pyridine rings is 1. The summed E-state index contributed by atoms with van der Waals surface area (Å²) in [6.07, 6.45) is 3.64. The Kier molecular flexibility index (Phi) is 6.12. The fourth-order valence-corrected chi connectivity index (χ4v) is 3.26. The Labute approximate surface area is 180 Å². The zero-order valence-electron chi connectivity index (χ0n) is 18.9. The number of hydrogen-bond acceptors (Lipinski definition) is 3. The van der Waals surface area contributed by atoms with Crippen LogP contribution in [0.1, 0.15) is 47.1 Å². The molecule has 2 aromatic carbocycles. The predicted octanol–water partition coefficient (Wildman–Crippen LogP) is 6.54. The number of ketones is 1. The molecule has 3 nitrogen and oxygen atoms in total. The van der Waals surface area contributed by atoms with Gasteiger partial charge in [-0.25, -0.2) is 0 Å². The number of nitrogens with zero attached hydrogens (tertiary/aromatic N) is 1. The summed E-state index contributed by atoms with van der Waals surface area (Å²) in [4.78, 5) is 17.2. The van der Waals surface area contributed by atoms with Crippen LogP contribution in [0.15, 0.2) is 72.6 Å². The average molecular weight is 401 g/mol. The Hall–Kier alpha value is -2.94. The van der Waals surface area contributed by atoms with E-state index in [2.05, 4.69) is 67.5 Å². The second-order valence-corrected chi connectivity index (χ2v) is 9.86. The van der Waals surface area contributed by atoms with Crippen LogP contribution in [0.3, 0.4) is 0 Å². The Morgan fingerprint density at radius 2 is 1.67 bits per heavy atom. The molecule has 30 heavy (non-hydrogen) atoms. The first-order valence-electron chi connectivity index (χ1n) is 10.5. The number of carbonyl (C=O) groups excluding carboxylic acids is 1. The van der Waals surface area contributed by atoms with Crippen LogP contribution < -0.4 is 5.32 Å². The molecule has 1 heterocycles. The van der Waals surface area contributed by atoms with Gasteiger partial charge in [0.25, 0.3) is 0 Å². The van der Waals surface area contributed by atoms with Gasteiger partial charge in [0.15, 0.2) is 5.78 Å². The molecule has 156 valence electrons. The molecule has 3 rings (SSSR count). The fourth-order valence-electron chi connectivity index (χ4n) is 3.26. The predicted molar refractivity (Wildman–Crippen MR) is 126 cm³/mol. The smallest absolute Gasteiger partial charge is 0.162 e. The van der Waals surface area contributed by atoms with Crippen molar-refractivity contribution in [3.63, 3.8) is 0 Å². The average Bonchev–Trinajstić information content (AvgIpc) is 2.69. The fraction of sp³-hybridized carbons (Fsp3) is 0.333. The molecule has 1 N–H and O–H groups in total. The lowest BCUT2D eigenvalue weighted by atomic mass is 9.85. The van der Waals surface area contributed by atoms with Crippen LogP contribution >= 0.6 is 0 Å². The van der Waals surface area contributed by atoms with Crippen molar-refractivity contribution in [2.75, 3.05) is 0 Å². The number of aromatic nitrogens is 1. The molecule has 0 bridgehead atoms. The van der Waals surface area contributed by atoms with E-state index < -0.39 is 5.41 Å². The van der Waals surface area contributed by atoms with E-state index in [0.29, 0.717) is 6.54 Å². The van der Waals surface area contributed by atoms with Gasteiger partial charge >= 0.3 is 0 Å². The van der Waals surface area contributed by atoms with Crippen LogP contribution in [0.4, 0.5) is 0 Å². The van der Waals surface area contributed by atoms with Gasteiger partial charge in [-0.15, -0.1) is 0 Å². The van der Waals surface area contributed by atoms with Crippen molar-refractivity contribution in [3.8, 4) is 11.3 Å². The second kappa shape index (κ2) is 8.43. The van der Waals surface area contributed by atoms with Gasteiger partial charge in [0.1, 0.15) is 0 Å². The number of nitrogens with one attached hydrogen (secondary N) is 1. The molecule has 0 amide bonds. The quantitative estimate of drug-likeness (QED) is 0.495. The summed E-state index contributed by atoms with van der Waals surface area (Å²) in [5.74, 6) is 0.133. The van der Waals surface area contributed by atoms with E-state index in [1.165, 1.54) is 5.39 Å². The van der Waals surface area contributed by atoms with E-state index in [1.54, 1.807) is 6.08 Å². The largest absolute Gasteiger partial charge is 0.384 e. The highest BCUT2D eigenvalue weighted by Crippen LogP contribution is 2.28. The molecule has 0 radical (unpaired) electrons. The molecule has 0 fully saturated rings. The summed E-state index contributed by atoms with van der Waals surface area (Å²) in [5, 5.41) is 5.85. The zero-order chi connectivity index (χ0) is 21.9. The third kappa shape index (κ3) is 5.15. The van der Waals surface area contributed by atoms with Crippen molar-refractivity contribution >= 4 is 16.6 Å². The first-order chi connectivity index (χ1) is 14.1. The molecule has 0 atom stereocenters. The Morgan fingerprint density at radius 3 is 2.37 bits per heavy atom. The maximum absolute atomic E-state index is 12.6. The van der Waals surface area contributed by atoms with E-state index in [0.717, 1.165) is 27.9 Å². The number of fused-ring (bicyclic) bond motifs is 1. The highest BCUT2D eigenvalue weighted by molar-refractivity contribution is 5.95. The summed E-state index contributed by atoms with van der Waals surface area (Å²) in [7, 11) is 0. The van der Waals surface area contributed by atoms with E-state index >= 15 is 0 Å². The molecule has 0 aliphatic carbocycles. The maximum atomic E-state index is 12.6. The van der Waals surface area contributed by atoms with Gasteiger partial charge in [-0.3, -0.25) is 9.78 Å². The minimum Gasteiger partial charge on any atom is -0.384 e. The lowest BCUT2D eigenvalue weighted by molar-refractivity contribution is -0.121. The summed E-state index contributed by atoms with van der Waals surface area (Å²) < 4.78 is 0. The molecule has 3 heteroatoms. The van der Waals surface area contributed by atoms with Crippen molar-refractivity contribution in [3.05, 3.63) is 78.1 Å². The van der Waals surface area contributed by atoms with Crippen molar-refractivity contribution in [1.82, 2.24) is 10.3 Å². The minimum absolute atomic E-state index is 0.133. The van der Waals surface area contributed by atoms with Crippen molar-refractivity contribution in [1.29, 1.82) is 0 Å². The number of allylic oxidation sites excluding steroid dienone is 2. The number of carbonyl (C=O) groups is 1. The van der Waals surface area contributed by atoms with Gasteiger partial charge in [0.05, 0.1) is 5.69 Å². The van der Waals surface area contributed by atoms with Crippen LogP contribution in [0.2, 0.25) is 0 Å². The number of rotatable bonds is 5. The molecular formula is C27H32N2O. The summed E-state index contributed by atoms with van der Waals surface area (Å²) in [6, 6.07) is 18.8. The molecule has 0 unspecified atom stereocenters. The Morgan fingerprint density at radius 1 is 0.933 bits per heavy atom. The SMILES string of the molecule is CC(C)(C)C(=O)/C=C(\NCc1cccc(-c2nccc3ccccc23)c1)C(C)(C)C. The topological polar surface area (TPSA) is 42.0 Å². The summed E-state index contributed by atoms with van der Waals surface area (Å²) in [5.41, 5.74) is 3.66. The van der Waals surface area contributed by atoms with Crippen molar-refractivity contribution in [2.24, 2.45) is 10.8 Å². The van der Waals surface area contributed by atoms with E-state index in [4.69, 9.17) is 0 Å². The van der Waals surface area contributed by atoms with E-state index in [1.807, 2.05) is 45.2 Å².